The van der Waals surface area contributed by atoms with E-state index in [2.05, 4.69) is 15.3 Å². The van der Waals surface area contributed by atoms with Gasteiger partial charge in [-0.2, -0.15) is 0 Å². The van der Waals surface area contributed by atoms with Crippen LogP contribution < -0.4 is 10.1 Å². The van der Waals surface area contributed by atoms with E-state index in [1.165, 1.54) is 35.6 Å². The number of nitro benzene ring substituents is 1. The van der Waals surface area contributed by atoms with Crippen molar-refractivity contribution in [3.8, 4) is 17.1 Å². The molecule has 0 unspecified atom stereocenters. The highest BCUT2D eigenvalue weighted by Gasteiger charge is 2.10. The van der Waals surface area contributed by atoms with Crippen LogP contribution in [0.1, 0.15) is 0 Å². The average Bonchev–Trinajstić information content (AvgIpc) is 3.09. The number of carbonyl (C=O) groups excluding carboxylic acids is 1. The summed E-state index contributed by atoms with van der Waals surface area (Å²) in [6.45, 7) is -0.226. The molecule has 0 atom stereocenters. The van der Waals surface area contributed by atoms with Crippen LogP contribution in [0.25, 0.3) is 11.4 Å². The Morgan fingerprint density at radius 1 is 1.20 bits per heavy atom. The summed E-state index contributed by atoms with van der Waals surface area (Å²) in [5, 5.41) is 15.5. The number of nitro groups is 1. The maximum absolute atomic E-state index is 11.9. The van der Waals surface area contributed by atoms with Gasteiger partial charge >= 0.3 is 0 Å². The Morgan fingerprint density at radius 2 is 2.00 bits per heavy atom. The van der Waals surface area contributed by atoms with Crippen molar-refractivity contribution in [1.29, 1.82) is 0 Å². The van der Waals surface area contributed by atoms with E-state index >= 15 is 0 Å². The molecular weight excluding hydrogens is 344 g/mol. The number of anilines is 1. The third-order valence-corrected chi connectivity index (χ3v) is 3.85. The third-order valence-electron chi connectivity index (χ3n) is 3.10. The van der Waals surface area contributed by atoms with E-state index in [-0.39, 0.29) is 18.2 Å². The maximum Gasteiger partial charge on any atom is 0.269 e. The number of benzene rings is 1. The summed E-state index contributed by atoms with van der Waals surface area (Å²) in [7, 11) is 0. The van der Waals surface area contributed by atoms with Crippen molar-refractivity contribution < 1.29 is 14.5 Å². The first-order valence-electron chi connectivity index (χ1n) is 7.16. The number of nitrogens with one attached hydrogen (secondary N) is 1. The fourth-order valence-electron chi connectivity index (χ4n) is 1.93. The van der Waals surface area contributed by atoms with E-state index in [4.69, 9.17) is 4.74 Å². The van der Waals surface area contributed by atoms with E-state index in [0.717, 1.165) is 5.69 Å². The lowest BCUT2D eigenvalue weighted by molar-refractivity contribution is -0.384. The van der Waals surface area contributed by atoms with Crippen molar-refractivity contribution in [2.45, 2.75) is 0 Å². The lowest BCUT2D eigenvalue weighted by Gasteiger charge is -2.05. The lowest BCUT2D eigenvalue weighted by Crippen LogP contribution is -2.20. The van der Waals surface area contributed by atoms with Crippen molar-refractivity contribution in [2.24, 2.45) is 0 Å². The number of aromatic nitrogens is 2. The highest BCUT2D eigenvalue weighted by atomic mass is 32.1. The molecule has 2 heterocycles. The smallest absolute Gasteiger partial charge is 0.269 e. The average molecular weight is 356 g/mol. The quantitative estimate of drug-likeness (QED) is 0.537. The van der Waals surface area contributed by atoms with Crippen LogP contribution in [0.5, 0.6) is 5.75 Å². The molecule has 0 bridgehead atoms. The number of ether oxygens (including phenoxy) is 1. The predicted octanol–water partition coefficient (Wildman–Crippen LogP) is 3.13. The van der Waals surface area contributed by atoms with Crippen LogP contribution in [0.2, 0.25) is 0 Å². The van der Waals surface area contributed by atoms with Crippen molar-refractivity contribution in [3.05, 3.63) is 64.2 Å². The molecule has 0 aliphatic carbocycles. The van der Waals surface area contributed by atoms with E-state index in [1.54, 1.807) is 11.6 Å². The zero-order chi connectivity index (χ0) is 17.6. The minimum absolute atomic E-state index is 0.0402. The molecular formula is C16H12N4O4S. The lowest BCUT2D eigenvalue weighted by atomic mass is 10.3. The van der Waals surface area contributed by atoms with Gasteiger partial charge in [0.15, 0.2) is 11.7 Å². The van der Waals surface area contributed by atoms with Gasteiger partial charge in [-0.15, -0.1) is 11.3 Å². The molecule has 0 aliphatic rings. The molecule has 0 saturated carbocycles. The Balaban J connectivity index is 1.54. The minimum Gasteiger partial charge on any atom is -0.484 e. The van der Waals surface area contributed by atoms with Gasteiger partial charge in [-0.05, 0) is 24.3 Å². The van der Waals surface area contributed by atoms with Gasteiger partial charge in [-0.3, -0.25) is 25.2 Å². The molecule has 8 nitrogen and oxygen atoms in total. The van der Waals surface area contributed by atoms with Gasteiger partial charge in [-0.25, -0.2) is 4.98 Å². The fourth-order valence-corrected chi connectivity index (χ4v) is 2.65. The Kier molecular flexibility index (Phi) is 4.95. The predicted molar refractivity (Wildman–Crippen MR) is 92.6 cm³/mol. The Hall–Kier alpha value is -3.33. The van der Waals surface area contributed by atoms with E-state index in [0.29, 0.717) is 16.6 Å². The molecule has 126 valence electrons. The monoisotopic (exact) mass is 356 g/mol. The molecule has 0 spiro atoms. The molecule has 3 aromatic rings. The first-order chi connectivity index (χ1) is 12.1. The summed E-state index contributed by atoms with van der Waals surface area (Å²) in [6, 6.07) is 11.0. The second-order valence-electron chi connectivity index (χ2n) is 4.84. The van der Waals surface area contributed by atoms with Crippen LogP contribution in [0.4, 0.5) is 10.8 Å². The summed E-state index contributed by atoms with van der Waals surface area (Å²) in [5.74, 6) is -0.00524. The largest absolute Gasteiger partial charge is 0.484 e. The van der Waals surface area contributed by atoms with Gasteiger partial charge in [-0.1, -0.05) is 6.07 Å². The van der Waals surface area contributed by atoms with Crippen molar-refractivity contribution in [3.63, 3.8) is 0 Å². The molecule has 2 aromatic heterocycles. The summed E-state index contributed by atoms with van der Waals surface area (Å²) >= 11 is 1.29. The summed E-state index contributed by atoms with van der Waals surface area (Å²) in [4.78, 5) is 30.5. The van der Waals surface area contributed by atoms with Crippen LogP contribution in [-0.4, -0.2) is 27.4 Å². The number of thiazole rings is 1. The Labute approximate surface area is 146 Å². The molecule has 1 N–H and O–H groups in total. The number of non-ortho nitro benzene ring substituents is 1. The number of nitrogens with zero attached hydrogens (tertiary/aromatic N) is 3. The Morgan fingerprint density at radius 3 is 2.68 bits per heavy atom. The number of carbonyl (C=O) groups is 1. The SMILES string of the molecule is O=C(COc1ccc([N+](=O)[O-])cc1)Nc1nc(-c2ccccn2)cs1. The van der Waals surface area contributed by atoms with Crippen molar-refractivity contribution >= 4 is 28.1 Å². The van der Waals surface area contributed by atoms with Gasteiger partial charge in [0.25, 0.3) is 11.6 Å². The molecule has 0 radical (unpaired) electrons. The first-order valence-corrected chi connectivity index (χ1v) is 8.04. The van der Waals surface area contributed by atoms with Gasteiger partial charge in [0, 0.05) is 23.7 Å². The molecule has 3 rings (SSSR count). The maximum atomic E-state index is 11.9. The minimum atomic E-state index is -0.502. The van der Waals surface area contributed by atoms with Gasteiger partial charge in [0.1, 0.15) is 11.4 Å². The number of hydrogen-bond donors (Lipinski definition) is 1. The highest BCUT2D eigenvalue weighted by Crippen LogP contribution is 2.23. The summed E-state index contributed by atoms with van der Waals surface area (Å²) < 4.78 is 5.30. The topological polar surface area (TPSA) is 107 Å². The summed E-state index contributed by atoms with van der Waals surface area (Å²) in [5.41, 5.74) is 1.36. The molecule has 9 heteroatoms. The zero-order valence-electron chi connectivity index (χ0n) is 12.8. The van der Waals surface area contributed by atoms with Crippen LogP contribution in [0.15, 0.2) is 54.0 Å². The molecule has 0 saturated heterocycles. The first kappa shape index (κ1) is 16.5. The van der Waals surface area contributed by atoms with E-state index in [1.807, 2.05) is 18.2 Å². The molecule has 1 aromatic carbocycles. The molecule has 0 fully saturated rings. The van der Waals surface area contributed by atoms with Crippen LogP contribution in [-0.2, 0) is 4.79 Å². The van der Waals surface area contributed by atoms with Crippen molar-refractivity contribution in [1.82, 2.24) is 9.97 Å². The van der Waals surface area contributed by atoms with E-state index in [9.17, 15) is 14.9 Å². The number of amides is 1. The zero-order valence-corrected chi connectivity index (χ0v) is 13.6. The second-order valence-corrected chi connectivity index (χ2v) is 5.70. The normalized spacial score (nSPS) is 10.2. The second kappa shape index (κ2) is 7.49. The van der Waals surface area contributed by atoms with Gasteiger partial charge < -0.3 is 4.74 Å². The number of rotatable bonds is 6. The Bertz CT molecular complexity index is 881. The summed E-state index contributed by atoms with van der Waals surface area (Å²) in [6.07, 6.45) is 1.67. The number of hydrogen-bond acceptors (Lipinski definition) is 7. The van der Waals surface area contributed by atoms with Crippen LogP contribution in [0.3, 0.4) is 0 Å². The molecule has 0 aliphatic heterocycles. The third kappa shape index (κ3) is 4.36. The van der Waals surface area contributed by atoms with Gasteiger partial charge in [0.05, 0.1) is 10.6 Å². The molecule has 25 heavy (non-hydrogen) atoms. The van der Waals surface area contributed by atoms with E-state index < -0.39 is 4.92 Å². The molecule has 1 amide bonds. The highest BCUT2D eigenvalue weighted by molar-refractivity contribution is 7.14. The fraction of sp³-hybridized carbons (Fsp3) is 0.0625. The standard InChI is InChI=1S/C16H12N4O4S/c21-15(9-24-12-6-4-11(5-7-12)20(22)23)19-16-18-14(10-25-16)13-3-1-2-8-17-13/h1-8,10H,9H2,(H,18,19,21). The van der Waals surface area contributed by atoms with Crippen molar-refractivity contribution in [2.75, 3.05) is 11.9 Å². The number of pyridine rings is 1. The van der Waals surface area contributed by atoms with Crippen LogP contribution >= 0.6 is 11.3 Å². The van der Waals surface area contributed by atoms with Crippen LogP contribution in [0, 0.1) is 10.1 Å². The van der Waals surface area contributed by atoms with Gasteiger partial charge in [0.2, 0.25) is 0 Å².